The molecule has 50 valence electrons. The number of hydrogen-bond acceptors (Lipinski definition) is 1. The standard InChI is InChI=1S/C8H12O/c1-5-7(3)9-8(4)6-2/h5H,1,3-4,6H2,2H3. The van der Waals surface area contributed by atoms with Crippen LogP contribution in [0.3, 0.4) is 0 Å². The minimum absolute atomic E-state index is 0.557. The molecule has 0 aliphatic carbocycles. The summed E-state index contributed by atoms with van der Waals surface area (Å²) in [7, 11) is 0. The van der Waals surface area contributed by atoms with Crippen molar-refractivity contribution in [2.75, 3.05) is 0 Å². The SMILES string of the molecule is C=CC(=C)OC(=C)CC. The summed E-state index contributed by atoms with van der Waals surface area (Å²) in [6.45, 7) is 12.6. The highest BCUT2D eigenvalue weighted by Gasteiger charge is 1.89. The Labute approximate surface area is 56.3 Å². The smallest absolute Gasteiger partial charge is 0.119 e. The topological polar surface area (TPSA) is 9.23 Å². The van der Waals surface area contributed by atoms with Gasteiger partial charge in [0.25, 0.3) is 0 Å². The molecule has 0 bridgehead atoms. The maximum absolute atomic E-state index is 5.04. The first kappa shape index (κ1) is 8.02. The van der Waals surface area contributed by atoms with Gasteiger partial charge >= 0.3 is 0 Å². The summed E-state index contributed by atoms with van der Waals surface area (Å²) >= 11 is 0. The largest absolute Gasteiger partial charge is 0.463 e. The molecular weight excluding hydrogens is 112 g/mol. The van der Waals surface area contributed by atoms with Gasteiger partial charge in [0.2, 0.25) is 0 Å². The summed E-state index contributed by atoms with van der Waals surface area (Å²) in [5.41, 5.74) is 0. The molecule has 0 aromatic carbocycles. The average molecular weight is 124 g/mol. The minimum atomic E-state index is 0.557. The van der Waals surface area contributed by atoms with Gasteiger partial charge in [0.1, 0.15) is 5.76 Å². The molecule has 0 N–H and O–H groups in total. The molecule has 0 saturated heterocycles. The van der Waals surface area contributed by atoms with Crippen molar-refractivity contribution < 1.29 is 4.74 Å². The Morgan fingerprint density at radius 3 is 2.44 bits per heavy atom. The Morgan fingerprint density at radius 2 is 2.11 bits per heavy atom. The van der Waals surface area contributed by atoms with Gasteiger partial charge in [-0.2, -0.15) is 0 Å². The van der Waals surface area contributed by atoms with Crippen molar-refractivity contribution in [1.82, 2.24) is 0 Å². The third-order valence-electron chi connectivity index (χ3n) is 0.897. The molecule has 0 aliphatic heterocycles. The van der Waals surface area contributed by atoms with Gasteiger partial charge in [0.05, 0.1) is 5.76 Å². The van der Waals surface area contributed by atoms with Gasteiger partial charge in [-0.25, -0.2) is 0 Å². The summed E-state index contributed by atoms with van der Waals surface area (Å²) < 4.78 is 5.04. The van der Waals surface area contributed by atoms with E-state index in [4.69, 9.17) is 4.74 Å². The fraction of sp³-hybridized carbons (Fsp3) is 0.250. The van der Waals surface area contributed by atoms with Crippen LogP contribution < -0.4 is 0 Å². The van der Waals surface area contributed by atoms with Crippen molar-refractivity contribution in [3.63, 3.8) is 0 Å². The Balaban J connectivity index is 3.59. The fourth-order valence-corrected chi connectivity index (χ4v) is 0.299. The van der Waals surface area contributed by atoms with Crippen LogP contribution in [0, 0.1) is 0 Å². The van der Waals surface area contributed by atoms with Crippen LogP contribution in [-0.4, -0.2) is 0 Å². The van der Waals surface area contributed by atoms with Gasteiger partial charge in [-0.05, 0) is 6.08 Å². The molecule has 0 heterocycles. The van der Waals surface area contributed by atoms with E-state index in [2.05, 4.69) is 19.7 Å². The monoisotopic (exact) mass is 124 g/mol. The van der Waals surface area contributed by atoms with Crippen LogP contribution in [-0.2, 0) is 4.74 Å². The van der Waals surface area contributed by atoms with Gasteiger partial charge in [0, 0.05) is 6.42 Å². The van der Waals surface area contributed by atoms with Crippen molar-refractivity contribution in [2.45, 2.75) is 13.3 Å². The lowest BCUT2D eigenvalue weighted by Gasteiger charge is -2.03. The van der Waals surface area contributed by atoms with E-state index in [0.29, 0.717) is 5.76 Å². The zero-order valence-electron chi connectivity index (χ0n) is 5.81. The van der Waals surface area contributed by atoms with Gasteiger partial charge in [-0.1, -0.05) is 26.7 Å². The van der Waals surface area contributed by atoms with Gasteiger partial charge in [-0.15, -0.1) is 0 Å². The average Bonchev–Trinajstić information content (AvgIpc) is 1.87. The van der Waals surface area contributed by atoms with Crippen molar-refractivity contribution in [2.24, 2.45) is 0 Å². The molecule has 0 spiro atoms. The summed E-state index contributed by atoms with van der Waals surface area (Å²) in [5.74, 6) is 1.28. The van der Waals surface area contributed by atoms with Crippen molar-refractivity contribution >= 4 is 0 Å². The second-order valence-electron chi connectivity index (χ2n) is 1.66. The second kappa shape index (κ2) is 3.96. The van der Waals surface area contributed by atoms with Crippen molar-refractivity contribution in [1.29, 1.82) is 0 Å². The number of rotatable bonds is 4. The third-order valence-corrected chi connectivity index (χ3v) is 0.897. The zero-order valence-corrected chi connectivity index (χ0v) is 5.81. The molecule has 0 unspecified atom stereocenters. The van der Waals surface area contributed by atoms with E-state index in [1.165, 1.54) is 0 Å². The predicted octanol–water partition coefficient (Wildman–Crippen LogP) is 2.63. The molecule has 1 heteroatoms. The third kappa shape index (κ3) is 3.59. The van der Waals surface area contributed by atoms with E-state index < -0.39 is 0 Å². The molecule has 0 aromatic heterocycles. The van der Waals surface area contributed by atoms with E-state index >= 15 is 0 Å². The van der Waals surface area contributed by atoms with Crippen LogP contribution in [0.4, 0.5) is 0 Å². The van der Waals surface area contributed by atoms with E-state index in [-0.39, 0.29) is 0 Å². The van der Waals surface area contributed by atoms with Crippen molar-refractivity contribution in [3.8, 4) is 0 Å². The van der Waals surface area contributed by atoms with E-state index in [1.54, 1.807) is 6.08 Å². The zero-order chi connectivity index (χ0) is 7.28. The molecule has 1 nitrogen and oxygen atoms in total. The summed E-state index contributed by atoms with van der Waals surface area (Å²) in [5, 5.41) is 0. The van der Waals surface area contributed by atoms with E-state index in [0.717, 1.165) is 12.2 Å². The number of allylic oxidation sites excluding steroid dienone is 2. The lowest BCUT2D eigenvalue weighted by atomic mass is 10.4. The lowest BCUT2D eigenvalue weighted by molar-refractivity contribution is 0.313. The van der Waals surface area contributed by atoms with Crippen LogP contribution in [0.5, 0.6) is 0 Å². The highest BCUT2D eigenvalue weighted by atomic mass is 16.5. The first-order valence-corrected chi connectivity index (χ1v) is 2.87. The normalized spacial score (nSPS) is 8.11. The molecule has 0 amide bonds. The Hall–Kier alpha value is -0.980. The van der Waals surface area contributed by atoms with Crippen LogP contribution in [0.2, 0.25) is 0 Å². The maximum atomic E-state index is 5.04. The Bertz CT molecular complexity index is 134. The molecule has 0 fully saturated rings. The Morgan fingerprint density at radius 1 is 1.56 bits per heavy atom. The number of ether oxygens (including phenoxy) is 1. The molecule has 0 radical (unpaired) electrons. The van der Waals surface area contributed by atoms with Gasteiger partial charge in [0.15, 0.2) is 0 Å². The predicted molar refractivity (Wildman–Crippen MR) is 39.9 cm³/mol. The van der Waals surface area contributed by atoms with Gasteiger partial charge < -0.3 is 4.74 Å². The van der Waals surface area contributed by atoms with E-state index in [9.17, 15) is 0 Å². The first-order valence-electron chi connectivity index (χ1n) is 2.87. The summed E-state index contributed by atoms with van der Waals surface area (Å²) in [6, 6.07) is 0. The molecule has 0 atom stereocenters. The molecular formula is C8H12O. The highest BCUT2D eigenvalue weighted by molar-refractivity contribution is 5.05. The molecule has 0 rings (SSSR count). The fourth-order valence-electron chi connectivity index (χ4n) is 0.299. The van der Waals surface area contributed by atoms with Crippen LogP contribution in [0.25, 0.3) is 0 Å². The van der Waals surface area contributed by atoms with E-state index in [1.807, 2.05) is 6.92 Å². The molecule has 0 saturated carbocycles. The Kier molecular flexibility index (Phi) is 3.52. The summed E-state index contributed by atoms with van der Waals surface area (Å²) in [4.78, 5) is 0. The second-order valence-corrected chi connectivity index (χ2v) is 1.66. The van der Waals surface area contributed by atoms with Crippen LogP contribution in [0.1, 0.15) is 13.3 Å². The minimum Gasteiger partial charge on any atom is -0.463 e. The molecule has 0 aliphatic rings. The van der Waals surface area contributed by atoms with Crippen LogP contribution in [0.15, 0.2) is 37.3 Å². The highest BCUT2D eigenvalue weighted by Crippen LogP contribution is 2.05. The number of hydrogen-bond donors (Lipinski definition) is 0. The molecule has 9 heavy (non-hydrogen) atoms. The summed E-state index contributed by atoms with van der Waals surface area (Å²) in [6.07, 6.45) is 2.37. The quantitative estimate of drug-likeness (QED) is 0.413. The van der Waals surface area contributed by atoms with Gasteiger partial charge in [-0.3, -0.25) is 0 Å². The maximum Gasteiger partial charge on any atom is 0.119 e. The van der Waals surface area contributed by atoms with Crippen LogP contribution >= 0.6 is 0 Å². The molecule has 0 aromatic rings. The first-order chi connectivity index (χ1) is 4.20. The van der Waals surface area contributed by atoms with Crippen molar-refractivity contribution in [3.05, 3.63) is 37.3 Å². The lowest BCUT2D eigenvalue weighted by Crippen LogP contribution is -1.84.